The van der Waals surface area contributed by atoms with Crippen molar-refractivity contribution in [3.05, 3.63) is 23.1 Å². The number of hydrogen-bond acceptors (Lipinski definition) is 4. The molecule has 2 N–H and O–H groups in total. The highest BCUT2D eigenvalue weighted by Gasteiger charge is 2.19. The predicted octanol–water partition coefficient (Wildman–Crippen LogP) is -0.364. The lowest BCUT2D eigenvalue weighted by atomic mass is 10.1. The molecule has 0 amide bonds. The summed E-state index contributed by atoms with van der Waals surface area (Å²) in [6.07, 6.45) is 5.20. The highest BCUT2D eigenvalue weighted by atomic mass is 32.2. The standard InChI is InChI=1S/C7H11NO5S2/c1-14(9,10)8-6-3-2-4-7(5-6)15(11,12)13/h2,4-6,8H,3H2,1H3,(H,11,12,13). The van der Waals surface area contributed by atoms with Crippen LogP contribution in [-0.4, -0.2) is 33.7 Å². The van der Waals surface area contributed by atoms with Crippen LogP contribution in [-0.2, 0) is 20.1 Å². The van der Waals surface area contributed by atoms with E-state index in [1.807, 2.05) is 0 Å². The first-order chi connectivity index (χ1) is 6.68. The molecule has 6 nitrogen and oxygen atoms in total. The Morgan fingerprint density at radius 3 is 2.47 bits per heavy atom. The molecule has 0 saturated heterocycles. The summed E-state index contributed by atoms with van der Waals surface area (Å²) < 4.78 is 54.2. The van der Waals surface area contributed by atoms with Crippen molar-refractivity contribution < 1.29 is 21.4 Å². The average molecular weight is 253 g/mol. The molecule has 0 radical (unpaired) electrons. The second-order valence-electron chi connectivity index (χ2n) is 3.18. The van der Waals surface area contributed by atoms with Gasteiger partial charge in [-0.3, -0.25) is 4.55 Å². The lowest BCUT2D eigenvalue weighted by Gasteiger charge is -2.15. The van der Waals surface area contributed by atoms with Crippen LogP contribution in [0.1, 0.15) is 6.42 Å². The summed E-state index contributed by atoms with van der Waals surface area (Å²) in [7, 11) is -7.67. The Labute approximate surface area is 88.5 Å². The molecule has 1 unspecified atom stereocenters. The summed E-state index contributed by atoms with van der Waals surface area (Å²) in [5.74, 6) is 0. The van der Waals surface area contributed by atoms with E-state index >= 15 is 0 Å². The van der Waals surface area contributed by atoms with Crippen molar-refractivity contribution >= 4 is 20.1 Å². The molecule has 15 heavy (non-hydrogen) atoms. The van der Waals surface area contributed by atoms with Gasteiger partial charge >= 0.3 is 0 Å². The third-order valence-electron chi connectivity index (χ3n) is 1.70. The van der Waals surface area contributed by atoms with Crippen molar-refractivity contribution in [3.8, 4) is 0 Å². The Morgan fingerprint density at radius 2 is 2.00 bits per heavy atom. The minimum absolute atomic E-state index is 0.296. The smallest absolute Gasteiger partial charge is 0.282 e. The van der Waals surface area contributed by atoms with E-state index in [9.17, 15) is 16.8 Å². The molecular formula is C7H11NO5S2. The minimum atomic E-state index is -4.27. The second kappa shape index (κ2) is 4.05. The highest BCUT2D eigenvalue weighted by Crippen LogP contribution is 2.15. The van der Waals surface area contributed by atoms with Crippen molar-refractivity contribution in [1.82, 2.24) is 4.72 Å². The van der Waals surface area contributed by atoms with E-state index in [2.05, 4.69) is 4.72 Å². The van der Waals surface area contributed by atoms with Crippen LogP contribution in [0.15, 0.2) is 23.1 Å². The lowest BCUT2D eigenvalue weighted by molar-refractivity contribution is 0.491. The number of hydrogen-bond donors (Lipinski definition) is 2. The van der Waals surface area contributed by atoms with Crippen molar-refractivity contribution in [2.45, 2.75) is 12.5 Å². The van der Waals surface area contributed by atoms with E-state index in [1.54, 1.807) is 0 Å². The summed E-state index contributed by atoms with van der Waals surface area (Å²) in [6.45, 7) is 0. The first kappa shape index (κ1) is 12.4. The molecule has 0 bridgehead atoms. The molecule has 0 aliphatic heterocycles. The zero-order chi connectivity index (χ0) is 11.7. The summed E-state index contributed by atoms with van der Waals surface area (Å²) in [4.78, 5) is -0.296. The predicted molar refractivity (Wildman–Crippen MR) is 55.2 cm³/mol. The molecule has 0 aromatic carbocycles. The van der Waals surface area contributed by atoms with Crippen LogP contribution in [0.5, 0.6) is 0 Å². The molecule has 0 aromatic heterocycles. The summed E-state index contributed by atoms with van der Waals surface area (Å²) in [5, 5.41) is 0. The zero-order valence-corrected chi connectivity index (χ0v) is 9.55. The Hall–Kier alpha value is -0.700. The fraction of sp³-hybridized carbons (Fsp3) is 0.429. The molecule has 86 valence electrons. The maximum absolute atomic E-state index is 10.9. The monoisotopic (exact) mass is 253 g/mol. The van der Waals surface area contributed by atoms with Crippen LogP contribution in [0.4, 0.5) is 0 Å². The van der Waals surface area contributed by atoms with Gasteiger partial charge in [0.2, 0.25) is 10.0 Å². The van der Waals surface area contributed by atoms with Gasteiger partial charge in [-0.1, -0.05) is 6.08 Å². The molecule has 0 fully saturated rings. The zero-order valence-electron chi connectivity index (χ0n) is 7.91. The van der Waals surface area contributed by atoms with E-state index in [0.29, 0.717) is 6.42 Å². The van der Waals surface area contributed by atoms with Crippen molar-refractivity contribution in [2.24, 2.45) is 0 Å². The fourth-order valence-electron chi connectivity index (χ4n) is 1.18. The van der Waals surface area contributed by atoms with Gasteiger partial charge in [-0.2, -0.15) is 8.42 Å². The number of rotatable bonds is 3. The molecule has 1 rings (SSSR count). The van der Waals surface area contributed by atoms with E-state index in [-0.39, 0.29) is 4.91 Å². The van der Waals surface area contributed by atoms with Gasteiger partial charge in [0.05, 0.1) is 11.2 Å². The Kier molecular flexibility index (Phi) is 3.34. The van der Waals surface area contributed by atoms with Gasteiger partial charge in [-0.05, 0) is 18.6 Å². The lowest BCUT2D eigenvalue weighted by Crippen LogP contribution is -2.33. The maximum Gasteiger partial charge on any atom is 0.294 e. The van der Waals surface area contributed by atoms with Crippen LogP contribution in [0.25, 0.3) is 0 Å². The molecule has 1 atom stereocenters. The first-order valence-corrected chi connectivity index (χ1v) is 7.35. The van der Waals surface area contributed by atoms with E-state index in [0.717, 1.165) is 12.3 Å². The topological polar surface area (TPSA) is 101 Å². The second-order valence-corrected chi connectivity index (χ2v) is 6.38. The third kappa shape index (κ3) is 4.12. The summed E-state index contributed by atoms with van der Waals surface area (Å²) in [6, 6.07) is -0.637. The van der Waals surface area contributed by atoms with Gasteiger partial charge in [-0.15, -0.1) is 0 Å². The summed E-state index contributed by atoms with van der Waals surface area (Å²) >= 11 is 0. The van der Waals surface area contributed by atoms with Crippen LogP contribution >= 0.6 is 0 Å². The van der Waals surface area contributed by atoms with Crippen molar-refractivity contribution in [3.63, 3.8) is 0 Å². The van der Waals surface area contributed by atoms with Gasteiger partial charge in [0.1, 0.15) is 0 Å². The molecule has 1 aliphatic rings. The molecule has 8 heteroatoms. The van der Waals surface area contributed by atoms with Crippen molar-refractivity contribution in [1.29, 1.82) is 0 Å². The molecule has 1 aliphatic carbocycles. The Morgan fingerprint density at radius 1 is 1.40 bits per heavy atom. The highest BCUT2D eigenvalue weighted by molar-refractivity contribution is 7.90. The largest absolute Gasteiger partial charge is 0.294 e. The Balaban J connectivity index is 2.92. The van der Waals surface area contributed by atoms with Crippen LogP contribution in [0.2, 0.25) is 0 Å². The van der Waals surface area contributed by atoms with E-state index in [4.69, 9.17) is 4.55 Å². The molecule has 0 spiro atoms. The van der Waals surface area contributed by atoms with Crippen LogP contribution in [0.3, 0.4) is 0 Å². The van der Waals surface area contributed by atoms with Gasteiger partial charge in [0, 0.05) is 6.04 Å². The number of sulfonamides is 1. The molecule has 0 heterocycles. The van der Waals surface area contributed by atoms with Gasteiger partial charge in [0.25, 0.3) is 10.1 Å². The number of nitrogens with one attached hydrogen (secondary N) is 1. The van der Waals surface area contributed by atoms with Gasteiger partial charge < -0.3 is 0 Å². The SMILES string of the molecule is CS(=O)(=O)NC1C=C(S(=O)(=O)O)C=CC1. The van der Waals surface area contributed by atoms with E-state index in [1.165, 1.54) is 12.2 Å². The van der Waals surface area contributed by atoms with Crippen LogP contribution < -0.4 is 4.72 Å². The molecule has 0 aromatic rings. The summed E-state index contributed by atoms with van der Waals surface area (Å²) in [5.41, 5.74) is 0. The minimum Gasteiger partial charge on any atom is -0.282 e. The Bertz CT molecular complexity index is 499. The number of allylic oxidation sites excluding steroid dienone is 1. The van der Waals surface area contributed by atoms with E-state index < -0.39 is 26.2 Å². The quantitative estimate of drug-likeness (QED) is 0.669. The average Bonchev–Trinajstić information content (AvgIpc) is 1.99. The molecular weight excluding hydrogens is 242 g/mol. The van der Waals surface area contributed by atoms with Crippen molar-refractivity contribution in [2.75, 3.05) is 6.26 Å². The van der Waals surface area contributed by atoms with Crippen LogP contribution in [0, 0.1) is 0 Å². The van der Waals surface area contributed by atoms with Gasteiger partial charge in [-0.25, -0.2) is 13.1 Å². The van der Waals surface area contributed by atoms with Gasteiger partial charge in [0.15, 0.2) is 0 Å². The maximum atomic E-state index is 10.9. The third-order valence-corrected chi connectivity index (χ3v) is 3.30. The molecule has 0 saturated carbocycles. The normalized spacial score (nSPS) is 22.5. The fourth-order valence-corrected chi connectivity index (χ4v) is 2.50. The first-order valence-electron chi connectivity index (χ1n) is 4.01.